The fourth-order valence-electron chi connectivity index (χ4n) is 3.09. The van der Waals surface area contributed by atoms with Crippen LogP contribution in [-0.2, 0) is 4.79 Å². The van der Waals surface area contributed by atoms with Crippen LogP contribution in [0, 0.1) is 12.8 Å². The molecule has 2 aliphatic rings. The maximum absolute atomic E-state index is 12.4. The molecule has 2 heterocycles. The van der Waals surface area contributed by atoms with Crippen LogP contribution in [0.4, 0.5) is 5.69 Å². The summed E-state index contributed by atoms with van der Waals surface area (Å²) in [7, 11) is 0. The predicted molar refractivity (Wildman–Crippen MR) is 94.7 cm³/mol. The lowest BCUT2D eigenvalue weighted by atomic mass is 9.86. The molecule has 2 aliphatic heterocycles. The Kier molecular flexibility index (Phi) is 5.03. The number of benzene rings is 1. The third-order valence-electron chi connectivity index (χ3n) is 4.37. The van der Waals surface area contributed by atoms with E-state index in [2.05, 4.69) is 27.8 Å². The molecule has 2 N–H and O–H groups in total. The van der Waals surface area contributed by atoms with Crippen LogP contribution < -0.4 is 10.6 Å². The molecule has 23 heavy (non-hydrogen) atoms. The van der Waals surface area contributed by atoms with E-state index < -0.39 is 0 Å². The highest BCUT2D eigenvalue weighted by atomic mass is 16.1. The van der Waals surface area contributed by atoms with E-state index in [1.807, 2.05) is 37.4 Å². The van der Waals surface area contributed by atoms with Gasteiger partial charge in [-0.05, 0) is 43.5 Å². The minimum Gasteiger partial charge on any atom is -0.326 e. The molecule has 0 radical (unpaired) electrons. The molecular weight excluding hydrogens is 286 g/mol. The Morgan fingerprint density at radius 3 is 3.04 bits per heavy atom. The Hall–Kier alpha value is -2.20. The van der Waals surface area contributed by atoms with Gasteiger partial charge < -0.3 is 10.6 Å². The summed E-state index contributed by atoms with van der Waals surface area (Å²) in [6, 6.07) is 7.87. The van der Waals surface area contributed by atoms with Gasteiger partial charge in [0.1, 0.15) is 0 Å². The molecule has 0 saturated carbocycles. The molecule has 1 atom stereocenters. The lowest BCUT2D eigenvalue weighted by Gasteiger charge is -2.24. The van der Waals surface area contributed by atoms with Crippen molar-refractivity contribution in [2.45, 2.75) is 26.2 Å². The summed E-state index contributed by atoms with van der Waals surface area (Å²) in [6.07, 6.45) is 8.47. The molecule has 0 fully saturated rings. The third kappa shape index (κ3) is 3.96. The van der Waals surface area contributed by atoms with Gasteiger partial charge in [0.15, 0.2) is 0 Å². The molecule has 4 nitrogen and oxygen atoms in total. The molecular formula is C19H23N3O. The number of hydrogen-bond donors (Lipinski definition) is 2. The number of hydrogen-bond acceptors (Lipinski definition) is 3. The van der Waals surface area contributed by atoms with Crippen LogP contribution in [0.2, 0.25) is 0 Å². The van der Waals surface area contributed by atoms with Crippen molar-refractivity contribution < 1.29 is 4.79 Å². The van der Waals surface area contributed by atoms with Crippen molar-refractivity contribution in [3.8, 4) is 0 Å². The average molecular weight is 309 g/mol. The number of allylic oxidation sites excluding steroid dienone is 1. The summed E-state index contributed by atoms with van der Waals surface area (Å²) in [4.78, 5) is 17.0. The van der Waals surface area contributed by atoms with Crippen LogP contribution in [0.1, 0.15) is 24.8 Å². The number of para-hydroxylation sites is 1. The first-order chi connectivity index (χ1) is 11.2. The first-order valence-corrected chi connectivity index (χ1v) is 8.22. The van der Waals surface area contributed by atoms with Crippen molar-refractivity contribution in [1.82, 2.24) is 5.32 Å². The lowest BCUT2D eigenvalue weighted by molar-refractivity contribution is -0.116. The van der Waals surface area contributed by atoms with E-state index in [0.717, 1.165) is 42.9 Å². The number of aliphatic imine (C=N–C) groups is 1. The molecule has 4 heteroatoms. The molecule has 3 rings (SSSR count). The molecule has 1 unspecified atom stereocenters. The summed E-state index contributed by atoms with van der Waals surface area (Å²) in [5, 5.41) is 6.35. The highest BCUT2D eigenvalue weighted by Crippen LogP contribution is 2.24. The summed E-state index contributed by atoms with van der Waals surface area (Å²) in [6.45, 7) is 3.88. The Morgan fingerprint density at radius 2 is 2.26 bits per heavy atom. The predicted octanol–water partition coefficient (Wildman–Crippen LogP) is 3.22. The number of anilines is 1. The van der Waals surface area contributed by atoms with Gasteiger partial charge in [-0.15, -0.1) is 0 Å². The van der Waals surface area contributed by atoms with E-state index in [1.54, 1.807) is 0 Å². The van der Waals surface area contributed by atoms with Crippen LogP contribution in [0.25, 0.3) is 0 Å². The summed E-state index contributed by atoms with van der Waals surface area (Å²) in [5.74, 6) is 0.232. The van der Waals surface area contributed by atoms with Gasteiger partial charge in [-0.2, -0.15) is 0 Å². The first kappa shape index (κ1) is 15.7. The van der Waals surface area contributed by atoms with Crippen LogP contribution in [0.3, 0.4) is 0 Å². The molecule has 1 aromatic carbocycles. The Morgan fingerprint density at radius 1 is 1.39 bits per heavy atom. The Bertz CT molecular complexity index is 673. The molecule has 0 bridgehead atoms. The third-order valence-corrected chi connectivity index (χ3v) is 4.37. The van der Waals surface area contributed by atoms with Gasteiger partial charge in [0, 0.05) is 36.5 Å². The number of aryl methyl sites for hydroxylation is 1. The first-order valence-electron chi connectivity index (χ1n) is 8.22. The molecule has 0 aromatic heterocycles. The van der Waals surface area contributed by atoms with Crippen molar-refractivity contribution in [3.05, 3.63) is 53.8 Å². The number of rotatable bonds is 4. The van der Waals surface area contributed by atoms with Gasteiger partial charge in [-0.25, -0.2) is 0 Å². The van der Waals surface area contributed by atoms with Crippen molar-refractivity contribution in [1.29, 1.82) is 0 Å². The molecule has 1 amide bonds. The smallest absolute Gasteiger partial charge is 0.225 e. The standard InChI is InChI=1S/C19H23N3O/c1-14-5-2-3-7-17(14)22-18(23)13-16-6-4-10-21-19(16)15-8-11-20-12-9-15/h2-5,7-8,10,16,20H,6,9,11-13H2,1H3,(H,22,23). The van der Waals surface area contributed by atoms with Crippen molar-refractivity contribution in [3.63, 3.8) is 0 Å². The second-order valence-corrected chi connectivity index (χ2v) is 6.08. The number of carbonyl (C=O) groups is 1. The van der Waals surface area contributed by atoms with Crippen molar-refractivity contribution in [2.75, 3.05) is 18.4 Å². The number of carbonyl (C=O) groups excluding carboxylic acids is 1. The SMILES string of the molecule is Cc1ccccc1NC(=O)CC1CC=CN=C1C1=CCNCC1. The van der Waals surface area contributed by atoms with Crippen molar-refractivity contribution in [2.24, 2.45) is 10.9 Å². The monoisotopic (exact) mass is 309 g/mol. The number of nitrogens with one attached hydrogen (secondary N) is 2. The molecule has 0 aliphatic carbocycles. The maximum Gasteiger partial charge on any atom is 0.225 e. The highest BCUT2D eigenvalue weighted by molar-refractivity contribution is 6.05. The second-order valence-electron chi connectivity index (χ2n) is 6.08. The maximum atomic E-state index is 12.4. The zero-order valence-electron chi connectivity index (χ0n) is 13.5. The Balaban J connectivity index is 1.67. The average Bonchev–Trinajstić information content (AvgIpc) is 2.58. The molecule has 0 spiro atoms. The highest BCUT2D eigenvalue weighted by Gasteiger charge is 2.24. The fourth-order valence-corrected chi connectivity index (χ4v) is 3.09. The van der Waals surface area contributed by atoms with Gasteiger partial charge in [0.25, 0.3) is 0 Å². The van der Waals surface area contributed by atoms with E-state index >= 15 is 0 Å². The summed E-state index contributed by atoms with van der Waals surface area (Å²) >= 11 is 0. The van der Waals surface area contributed by atoms with E-state index in [4.69, 9.17) is 0 Å². The minimum absolute atomic E-state index is 0.0573. The van der Waals surface area contributed by atoms with Gasteiger partial charge in [-0.1, -0.05) is 30.4 Å². The fraction of sp³-hybridized carbons (Fsp3) is 0.368. The van der Waals surface area contributed by atoms with Crippen LogP contribution in [-0.4, -0.2) is 24.7 Å². The number of nitrogens with zero attached hydrogens (tertiary/aromatic N) is 1. The van der Waals surface area contributed by atoms with Crippen molar-refractivity contribution >= 4 is 17.3 Å². The quantitative estimate of drug-likeness (QED) is 0.897. The van der Waals surface area contributed by atoms with E-state index in [0.29, 0.717) is 6.42 Å². The molecule has 0 saturated heterocycles. The topological polar surface area (TPSA) is 53.5 Å². The van der Waals surface area contributed by atoms with E-state index in [1.165, 1.54) is 5.57 Å². The molecule has 1 aromatic rings. The van der Waals surface area contributed by atoms with E-state index in [9.17, 15) is 4.79 Å². The summed E-state index contributed by atoms with van der Waals surface area (Å²) < 4.78 is 0. The largest absolute Gasteiger partial charge is 0.326 e. The summed E-state index contributed by atoms with van der Waals surface area (Å²) in [5.41, 5.74) is 4.36. The lowest BCUT2D eigenvalue weighted by Crippen LogP contribution is -2.29. The van der Waals surface area contributed by atoms with Crippen LogP contribution >= 0.6 is 0 Å². The molecule has 120 valence electrons. The zero-order valence-corrected chi connectivity index (χ0v) is 13.5. The van der Waals surface area contributed by atoms with E-state index in [-0.39, 0.29) is 11.8 Å². The zero-order chi connectivity index (χ0) is 16.1. The number of amides is 1. The van der Waals surface area contributed by atoms with Gasteiger partial charge in [-0.3, -0.25) is 9.79 Å². The van der Waals surface area contributed by atoms with Gasteiger partial charge in [0.2, 0.25) is 5.91 Å². The minimum atomic E-state index is 0.0573. The van der Waals surface area contributed by atoms with Crippen LogP contribution in [0.15, 0.2) is 53.2 Å². The normalized spacial score (nSPS) is 20.7. The van der Waals surface area contributed by atoms with Gasteiger partial charge >= 0.3 is 0 Å². The second kappa shape index (κ2) is 7.38. The van der Waals surface area contributed by atoms with Crippen LogP contribution in [0.5, 0.6) is 0 Å². The van der Waals surface area contributed by atoms with Gasteiger partial charge in [0.05, 0.1) is 0 Å². The Labute approximate surface area is 137 Å².